The highest BCUT2D eigenvalue weighted by atomic mass is 35.7. The van der Waals surface area contributed by atoms with Gasteiger partial charge in [-0.05, 0) is 24.3 Å². The zero-order valence-electron chi connectivity index (χ0n) is 8.71. The Balaban J connectivity index is 2.70. The molecule has 0 aliphatic heterocycles. The highest BCUT2D eigenvalue weighted by Gasteiger charge is 2.23. The van der Waals surface area contributed by atoms with Crippen molar-refractivity contribution in [3.05, 3.63) is 41.0 Å². The van der Waals surface area contributed by atoms with Gasteiger partial charge in [0.25, 0.3) is 9.05 Å². The third kappa shape index (κ3) is 2.34. The predicted octanol–water partition coefficient (Wildman–Crippen LogP) is 2.32. The summed E-state index contributed by atoms with van der Waals surface area (Å²) < 4.78 is 24.0. The van der Waals surface area contributed by atoms with E-state index in [1.165, 1.54) is 0 Å². The van der Waals surface area contributed by atoms with Crippen molar-refractivity contribution in [1.82, 2.24) is 9.78 Å². The Morgan fingerprint density at radius 3 is 2.39 bits per heavy atom. The molecule has 2 rings (SSSR count). The van der Waals surface area contributed by atoms with Crippen LogP contribution in [0.3, 0.4) is 0 Å². The van der Waals surface area contributed by atoms with Gasteiger partial charge < -0.3 is 0 Å². The molecule has 1 aromatic carbocycles. The minimum atomic E-state index is -4.07. The van der Waals surface area contributed by atoms with Gasteiger partial charge in [0.2, 0.25) is 0 Å². The molecule has 0 atom stereocenters. The minimum Gasteiger partial charge on any atom is -0.220 e. The highest BCUT2D eigenvalue weighted by molar-refractivity contribution is 8.13. The van der Waals surface area contributed by atoms with Gasteiger partial charge >= 0.3 is 0 Å². The van der Waals surface area contributed by atoms with E-state index in [0.29, 0.717) is 10.7 Å². The lowest BCUT2D eigenvalue weighted by Crippen LogP contribution is -2.05. The smallest absolute Gasteiger partial charge is 0.220 e. The third-order valence-electron chi connectivity index (χ3n) is 2.15. The van der Waals surface area contributed by atoms with Gasteiger partial charge in [-0.3, -0.25) is 0 Å². The van der Waals surface area contributed by atoms with Gasteiger partial charge in [0.15, 0.2) is 5.03 Å². The van der Waals surface area contributed by atoms with Crippen molar-refractivity contribution in [2.24, 2.45) is 0 Å². The van der Waals surface area contributed by atoms with Crippen LogP contribution in [0.2, 0.25) is 5.02 Å². The summed E-state index contributed by atoms with van der Waals surface area (Å²) >= 11 is 5.73. The van der Waals surface area contributed by atoms with Gasteiger partial charge in [-0.25, -0.2) is 13.1 Å². The van der Waals surface area contributed by atoms with Crippen molar-refractivity contribution >= 4 is 31.3 Å². The lowest BCUT2D eigenvalue weighted by molar-refractivity contribution is 0.599. The summed E-state index contributed by atoms with van der Waals surface area (Å²) in [4.78, 5) is 0. The molecule has 92 valence electrons. The molecule has 18 heavy (non-hydrogen) atoms. The number of aromatic nitrogens is 2. The molecule has 0 spiro atoms. The molecule has 0 fully saturated rings. The van der Waals surface area contributed by atoms with Gasteiger partial charge in [-0.2, -0.15) is 10.4 Å². The van der Waals surface area contributed by atoms with Crippen LogP contribution in [0.15, 0.2) is 35.5 Å². The fourth-order valence-corrected chi connectivity index (χ4v) is 2.71. The fraction of sp³-hybridized carbons (Fsp3) is 0. The van der Waals surface area contributed by atoms with E-state index < -0.39 is 9.05 Å². The average Bonchev–Trinajstić information content (AvgIpc) is 2.73. The Hall–Kier alpha value is -1.55. The second-order valence-corrected chi connectivity index (χ2v) is 6.22. The van der Waals surface area contributed by atoms with E-state index >= 15 is 0 Å². The molecule has 1 aromatic heterocycles. The molecule has 0 N–H and O–H groups in total. The van der Waals surface area contributed by atoms with Crippen molar-refractivity contribution in [2.75, 3.05) is 0 Å². The first kappa shape index (κ1) is 12.9. The molecule has 2 aromatic rings. The molecule has 0 saturated heterocycles. The monoisotopic (exact) mass is 301 g/mol. The summed E-state index contributed by atoms with van der Waals surface area (Å²) in [5.74, 6) is 0. The largest absolute Gasteiger partial charge is 0.280 e. The third-order valence-corrected chi connectivity index (χ3v) is 3.69. The van der Waals surface area contributed by atoms with Gasteiger partial charge in [0, 0.05) is 15.7 Å². The Labute approximate surface area is 113 Å². The van der Waals surface area contributed by atoms with Crippen LogP contribution < -0.4 is 0 Å². The molecule has 8 heteroatoms. The quantitative estimate of drug-likeness (QED) is 0.798. The van der Waals surface area contributed by atoms with Crippen LogP contribution in [-0.4, -0.2) is 18.2 Å². The maximum Gasteiger partial charge on any atom is 0.280 e. The number of nitriles is 1. The van der Waals surface area contributed by atoms with Crippen LogP contribution in [0.4, 0.5) is 0 Å². The molecular weight excluding hydrogens is 297 g/mol. The van der Waals surface area contributed by atoms with Crippen molar-refractivity contribution in [3.63, 3.8) is 0 Å². The van der Waals surface area contributed by atoms with Crippen LogP contribution in [0.1, 0.15) is 5.56 Å². The number of hydrogen-bond acceptors (Lipinski definition) is 4. The van der Waals surface area contributed by atoms with Gasteiger partial charge in [-0.1, -0.05) is 11.6 Å². The number of hydrogen-bond donors (Lipinski definition) is 0. The van der Waals surface area contributed by atoms with Crippen molar-refractivity contribution < 1.29 is 8.42 Å². The van der Waals surface area contributed by atoms with Gasteiger partial charge in [-0.15, -0.1) is 0 Å². The first-order valence-electron chi connectivity index (χ1n) is 4.62. The molecule has 0 unspecified atom stereocenters. The lowest BCUT2D eigenvalue weighted by Gasteiger charge is -2.05. The number of halogens is 2. The van der Waals surface area contributed by atoms with E-state index in [1.54, 1.807) is 30.3 Å². The summed E-state index contributed by atoms with van der Waals surface area (Å²) in [7, 11) is 1.23. The molecule has 0 aliphatic carbocycles. The van der Waals surface area contributed by atoms with E-state index in [2.05, 4.69) is 5.10 Å². The second-order valence-electron chi connectivity index (χ2n) is 3.30. The van der Waals surface area contributed by atoms with E-state index in [-0.39, 0.29) is 10.6 Å². The standard InChI is InChI=1S/C10H5Cl2N3O2S/c11-8-1-3-9(4-2-8)15-10(18(12,16)17)7(5-13)6-14-15/h1-4,6H. The summed E-state index contributed by atoms with van der Waals surface area (Å²) in [6.45, 7) is 0. The number of benzene rings is 1. The average molecular weight is 302 g/mol. The minimum absolute atomic E-state index is 0.111. The molecule has 1 heterocycles. The number of nitrogens with zero attached hydrogens (tertiary/aromatic N) is 3. The molecule has 0 bridgehead atoms. The summed E-state index contributed by atoms with van der Waals surface area (Å²) in [5, 5.41) is 12.8. The molecule has 0 amide bonds. The Morgan fingerprint density at radius 1 is 1.28 bits per heavy atom. The van der Waals surface area contributed by atoms with Crippen molar-refractivity contribution in [2.45, 2.75) is 5.03 Å². The van der Waals surface area contributed by atoms with Crippen LogP contribution in [0, 0.1) is 11.3 Å². The fourth-order valence-electron chi connectivity index (χ4n) is 1.41. The van der Waals surface area contributed by atoms with Crippen LogP contribution in [-0.2, 0) is 9.05 Å². The summed E-state index contributed by atoms with van der Waals surface area (Å²) in [6.07, 6.45) is 1.14. The Kier molecular flexibility index (Phi) is 3.30. The van der Waals surface area contributed by atoms with E-state index in [1.807, 2.05) is 0 Å². The van der Waals surface area contributed by atoms with Crippen molar-refractivity contribution in [1.29, 1.82) is 5.26 Å². The highest BCUT2D eigenvalue weighted by Crippen LogP contribution is 2.23. The maximum absolute atomic E-state index is 11.5. The topological polar surface area (TPSA) is 75.8 Å². The molecule has 0 aliphatic rings. The van der Waals surface area contributed by atoms with E-state index in [9.17, 15) is 8.42 Å². The first-order chi connectivity index (χ1) is 8.43. The Bertz CT molecular complexity index is 729. The maximum atomic E-state index is 11.5. The lowest BCUT2D eigenvalue weighted by atomic mass is 10.3. The molecule has 5 nitrogen and oxygen atoms in total. The van der Waals surface area contributed by atoms with Crippen LogP contribution in [0.25, 0.3) is 5.69 Å². The predicted molar refractivity (Wildman–Crippen MR) is 66.3 cm³/mol. The molecule has 0 saturated carbocycles. The van der Waals surface area contributed by atoms with E-state index in [0.717, 1.165) is 10.9 Å². The Morgan fingerprint density at radius 2 is 1.89 bits per heavy atom. The second kappa shape index (κ2) is 4.61. The first-order valence-corrected chi connectivity index (χ1v) is 7.31. The van der Waals surface area contributed by atoms with Crippen molar-refractivity contribution in [3.8, 4) is 11.8 Å². The van der Waals surface area contributed by atoms with Crippen LogP contribution in [0.5, 0.6) is 0 Å². The molecular formula is C10H5Cl2N3O2S. The zero-order valence-corrected chi connectivity index (χ0v) is 11.0. The molecule has 0 radical (unpaired) electrons. The number of rotatable bonds is 2. The van der Waals surface area contributed by atoms with Gasteiger partial charge in [0.05, 0.1) is 11.9 Å². The summed E-state index contributed by atoms with van der Waals surface area (Å²) in [6, 6.07) is 8.03. The van der Waals surface area contributed by atoms with E-state index in [4.69, 9.17) is 27.5 Å². The SMILES string of the molecule is N#Cc1cnn(-c2ccc(Cl)cc2)c1S(=O)(=O)Cl. The van der Waals surface area contributed by atoms with Gasteiger partial charge in [0.1, 0.15) is 11.6 Å². The van der Waals surface area contributed by atoms with Crippen LogP contribution >= 0.6 is 22.3 Å². The summed E-state index contributed by atoms with van der Waals surface area (Å²) in [5.41, 5.74) is 0.333. The normalized spacial score (nSPS) is 11.2. The zero-order chi connectivity index (χ0) is 13.3.